The molecule has 0 saturated heterocycles. The molecule has 0 radical (unpaired) electrons. The fourth-order valence-corrected chi connectivity index (χ4v) is 1.01. The van der Waals surface area contributed by atoms with Crippen molar-refractivity contribution in [3.8, 4) is 0 Å². The molecule has 0 nitrogen and oxygen atoms in total. The summed E-state index contributed by atoms with van der Waals surface area (Å²) in [5.41, 5.74) is 0. The lowest BCUT2D eigenvalue weighted by molar-refractivity contribution is 0.470. The fraction of sp³-hybridized carbons (Fsp3) is 0.600. The van der Waals surface area contributed by atoms with E-state index in [1.165, 1.54) is 0 Å². The maximum Gasteiger partial charge on any atom is -0.0176 e. The molecule has 0 aliphatic heterocycles. The molecule has 10 heavy (non-hydrogen) atoms. The average molecular weight is 138 g/mol. The van der Waals surface area contributed by atoms with Crippen molar-refractivity contribution >= 4 is 0 Å². The predicted molar refractivity (Wildman–Crippen MR) is 48.0 cm³/mol. The highest BCUT2D eigenvalue weighted by Crippen LogP contribution is 2.16. The molecule has 1 atom stereocenters. The van der Waals surface area contributed by atoms with Crippen LogP contribution < -0.4 is 0 Å². The summed E-state index contributed by atoms with van der Waals surface area (Å²) in [7, 11) is 0. The summed E-state index contributed by atoms with van der Waals surface area (Å²) in [4.78, 5) is 0. The summed E-state index contributed by atoms with van der Waals surface area (Å²) >= 11 is 0. The Morgan fingerprint density at radius 1 is 1.40 bits per heavy atom. The molecule has 0 rings (SSSR count). The second kappa shape index (κ2) is 5.28. The minimum atomic E-state index is 0.683. The second-order valence-corrected chi connectivity index (χ2v) is 2.96. The van der Waals surface area contributed by atoms with Crippen LogP contribution >= 0.6 is 0 Å². The summed E-state index contributed by atoms with van der Waals surface area (Å²) < 4.78 is 0. The molecular weight excluding hydrogens is 120 g/mol. The van der Waals surface area contributed by atoms with E-state index < -0.39 is 0 Å². The van der Waals surface area contributed by atoms with Gasteiger partial charge in [0.1, 0.15) is 0 Å². The van der Waals surface area contributed by atoms with Crippen LogP contribution in [-0.2, 0) is 0 Å². The topological polar surface area (TPSA) is 0 Å². The van der Waals surface area contributed by atoms with Crippen LogP contribution in [0.1, 0.15) is 27.2 Å². The highest BCUT2D eigenvalue weighted by Gasteiger charge is 2.05. The van der Waals surface area contributed by atoms with E-state index in [2.05, 4.69) is 39.5 Å². The Kier molecular flexibility index (Phi) is 5.00. The lowest BCUT2D eigenvalue weighted by Crippen LogP contribution is -2.03. The van der Waals surface area contributed by atoms with Crippen molar-refractivity contribution in [2.45, 2.75) is 27.2 Å². The first kappa shape index (κ1) is 9.48. The van der Waals surface area contributed by atoms with Crippen LogP contribution in [-0.4, -0.2) is 0 Å². The van der Waals surface area contributed by atoms with Gasteiger partial charge in [0.15, 0.2) is 0 Å². The van der Waals surface area contributed by atoms with Gasteiger partial charge >= 0.3 is 0 Å². The number of rotatable bonds is 4. The van der Waals surface area contributed by atoms with Crippen LogP contribution in [0.5, 0.6) is 0 Å². The molecule has 0 aliphatic rings. The van der Waals surface area contributed by atoms with E-state index >= 15 is 0 Å². The van der Waals surface area contributed by atoms with Crippen molar-refractivity contribution in [1.82, 2.24) is 0 Å². The van der Waals surface area contributed by atoms with Gasteiger partial charge in [0.25, 0.3) is 0 Å². The molecule has 0 heteroatoms. The molecule has 0 aromatic rings. The molecular formula is C10H18. The van der Waals surface area contributed by atoms with Crippen LogP contribution in [0.25, 0.3) is 0 Å². The van der Waals surface area contributed by atoms with Crippen LogP contribution in [0.15, 0.2) is 24.8 Å². The molecule has 0 saturated carbocycles. The van der Waals surface area contributed by atoms with Gasteiger partial charge in [-0.3, -0.25) is 0 Å². The quantitative estimate of drug-likeness (QED) is 0.522. The van der Waals surface area contributed by atoms with Gasteiger partial charge in [0.05, 0.1) is 0 Å². The first-order valence-electron chi connectivity index (χ1n) is 3.96. The third-order valence-corrected chi connectivity index (χ3v) is 1.73. The first-order chi connectivity index (χ1) is 4.72. The molecule has 0 fully saturated rings. The molecule has 0 bridgehead atoms. The second-order valence-electron chi connectivity index (χ2n) is 2.96. The van der Waals surface area contributed by atoms with Crippen molar-refractivity contribution < 1.29 is 0 Å². The van der Waals surface area contributed by atoms with E-state index in [-0.39, 0.29) is 0 Å². The molecule has 0 spiro atoms. The normalized spacial score (nSPS) is 14.4. The Bertz CT molecular complexity index is 109. The molecule has 0 amide bonds. The zero-order chi connectivity index (χ0) is 7.98. The van der Waals surface area contributed by atoms with Crippen LogP contribution in [0.3, 0.4) is 0 Å². The maximum atomic E-state index is 3.73. The van der Waals surface area contributed by atoms with Crippen LogP contribution in [0, 0.1) is 11.8 Å². The van der Waals surface area contributed by atoms with E-state index in [0.29, 0.717) is 5.92 Å². The average Bonchev–Trinajstić information content (AvgIpc) is 1.87. The Hall–Kier alpha value is -0.520. The summed E-state index contributed by atoms with van der Waals surface area (Å²) in [6, 6.07) is 0. The number of hydrogen-bond donors (Lipinski definition) is 0. The minimum Gasteiger partial charge on any atom is -0.103 e. The Morgan fingerprint density at radius 3 is 2.30 bits per heavy atom. The van der Waals surface area contributed by atoms with Gasteiger partial charge in [-0.15, -0.1) is 6.58 Å². The predicted octanol–water partition coefficient (Wildman–Crippen LogP) is 3.41. The van der Waals surface area contributed by atoms with E-state index in [0.717, 1.165) is 12.3 Å². The minimum absolute atomic E-state index is 0.683. The van der Waals surface area contributed by atoms with Crippen molar-refractivity contribution in [3.05, 3.63) is 24.8 Å². The lowest BCUT2D eigenvalue weighted by atomic mass is 9.92. The molecule has 0 heterocycles. The lowest BCUT2D eigenvalue weighted by Gasteiger charge is -2.13. The van der Waals surface area contributed by atoms with Crippen molar-refractivity contribution in [2.24, 2.45) is 11.8 Å². The van der Waals surface area contributed by atoms with Gasteiger partial charge in [-0.2, -0.15) is 0 Å². The van der Waals surface area contributed by atoms with E-state index in [9.17, 15) is 0 Å². The van der Waals surface area contributed by atoms with E-state index in [1.807, 2.05) is 6.08 Å². The summed E-state index contributed by atoms with van der Waals surface area (Å²) in [5, 5.41) is 0. The number of hydrogen-bond acceptors (Lipinski definition) is 0. The smallest absolute Gasteiger partial charge is 0.0176 e. The summed E-state index contributed by atoms with van der Waals surface area (Å²) in [6.07, 6.45) is 7.47. The van der Waals surface area contributed by atoms with Crippen LogP contribution in [0.4, 0.5) is 0 Å². The highest BCUT2D eigenvalue weighted by atomic mass is 14.1. The molecule has 1 unspecified atom stereocenters. The SMILES string of the molecule is C=CCC(/C=C\C)C(C)C. The zero-order valence-corrected chi connectivity index (χ0v) is 7.30. The van der Waals surface area contributed by atoms with E-state index in [4.69, 9.17) is 0 Å². The molecule has 58 valence electrons. The van der Waals surface area contributed by atoms with Crippen molar-refractivity contribution in [2.75, 3.05) is 0 Å². The van der Waals surface area contributed by atoms with Gasteiger partial charge < -0.3 is 0 Å². The Labute approximate surface area is 64.6 Å². The fourth-order valence-electron chi connectivity index (χ4n) is 1.01. The third-order valence-electron chi connectivity index (χ3n) is 1.73. The van der Waals surface area contributed by atoms with Crippen molar-refractivity contribution in [3.63, 3.8) is 0 Å². The van der Waals surface area contributed by atoms with Gasteiger partial charge in [-0.05, 0) is 25.2 Å². The number of allylic oxidation sites excluding steroid dienone is 3. The maximum absolute atomic E-state index is 3.73. The van der Waals surface area contributed by atoms with Gasteiger partial charge in [0.2, 0.25) is 0 Å². The standard InChI is InChI=1S/C10H18/c1-5-7-10(8-6-2)9(3)4/h5-6,8-10H,1,7H2,2-4H3/b8-6-. The summed E-state index contributed by atoms with van der Waals surface area (Å²) in [5.74, 6) is 1.41. The monoisotopic (exact) mass is 138 g/mol. The van der Waals surface area contributed by atoms with Crippen molar-refractivity contribution in [1.29, 1.82) is 0 Å². The molecule has 0 N–H and O–H groups in total. The van der Waals surface area contributed by atoms with E-state index in [1.54, 1.807) is 0 Å². The van der Waals surface area contributed by atoms with Gasteiger partial charge in [0, 0.05) is 0 Å². The zero-order valence-electron chi connectivity index (χ0n) is 7.30. The highest BCUT2D eigenvalue weighted by molar-refractivity contribution is 4.90. The Morgan fingerprint density at radius 2 is 2.00 bits per heavy atom. The Balaban J connectivity index is 3.84. The van der Waals surface area contributed by atoms with Crippen LogP contribution in [0.2, 0.25) is 0 Å². The third kappa shape index (κ3) is 3.49. The first-order valence-corrected chi connectivity index (χ1v) is 3.96. The molecule has 0 aliphatic carbocycles. The summed E-state index contributed by atoms with van der Waals surface area (Å²) in [6.45, 7) is 10.3. The molecule has 0 aromatic carbocycles. The molecule has 0 aromatic heterocycles. The largest absolute Gasteiger partial charge is 0.103 e. The van der Waals surface area contributed by atoms with Gasteiger partial charge in [-0.25, -0.2) is 0 Å². The van der Waals surface area contributed by atoms with Gasteiger partial charge in [-0.1, -0.05) is 32.1 Å².